The van der Waals surface area contributed by atoms with Crippen LogP contribution in [0.15, 0.2) is 0 Å². The molecule has 0 saturated carbocycles. The quantitative estimate of drug-likeness (QED) is 0.552. The molecule has 0 amide bonds. The molecule has 86 valence electrons. The molecule has 0 spiro atoms. The molecule has 0 bridgehead atoms. The van der Waals surface area contributed by atoms with Crippen molar-refractivity contribution in [1.82, 2.24) is 0 Å². The summed E-state index contributed by atoms with van der Waals surface area (Å²) < 4.78 is 5.63. The second kappa shape index (κ2) is 11.0. The van der Waals surface area contributed by atoms with Crippen molar-refractivity contribution in [3.05, 3.63) is 0 Å². The number of hydrogen-bond acceptors (Lipinski definition) is 2. The highest BCUT2D eigenvalue weighted by Crippen LogP contribution is 2.12. The first kappa shape index (κ1) is 13.9. The first-order valence-electron chi connectivity index (χ1n) is 6.12. The summed E-state index contributed by atoms with van der Waals surface area (Å²) in [5, 5.41) is 0. The Bertz CT molecular complexity index is 106. The van der Waals surface area contributed by atoms with Crippen LogP contribution in [0.4, 0.5) is 0 Å². The summed E-state index contributed by atoms with van der Waals surface area (Å²) in [4.78, 5) is 0. The number of hydrogen-bond donors (Lipinski definition) is 1. The lowest BCUT2D eigenvalue weighted by Crippen LogP contribution is -2.10. The van der Waals surface area contributed by atoms with Gasteiger partial charge in [-0.05, 0) is 31.7 Å². The van der Waals surface area contributed by atoms with Crippen LogP contribution in [-0.2, 0) is 4.74 Å². The fourth-order valence-corrected chi connectivity index (χ4v) is 1.50. The van der Waals surface area contributed by atoms with Crippen molar-refractivity contribution in [2.45, 2.75) is 52.4 Å². The van der Waals surface area contributed by atoms with E-state index < -0.39 is 0 Å². The molecule has 0 radical (unpaired) electrons. The average molecular weight is 201 g/mol. The van der Waals surface area contributed by atoms with Crippen LogP contribution in [0.5, 0.6) is 0 Å². The Kier molecular flexibility index (Phi) is 10.9. The molecule has 2 heteroatoms. The lowest BCUT2D eigenvalue weighted by molar-refractivity contribution is 0.0915. The Morgan fingerprint density at radius 3 is 2.50 bits per heavy atom. The monoisotopic (exact) mass is 201 g/mol. The van der Waals surface area contributed by atoms with Crippen molar-refractivity contribution >= 4 is 0 Å². The molecule has 0 aromatic rings. The summed E-state index contributed by atoms with van der Waals surface area (Å²) in [6.07, 6.45) is 7.40. The minimum absolute atomic E-state index is 0.771. The number of rotatable bonds is 10. The Balaban J connectivity index is 3.24. The average Bonchev–Trinajstić information content (AvgIpc) is 2.22. The third-order valence-electron chi connectivity index (χ3n) is 2.64. The maximum atomic E-state index is 5.63. The summed E-state index contributed by atoms with van der Waals surface area (Å²) in [6, 6.07) is 0. The fourth-order valence-electron chi connectivity index (χ4n) is 1.50. The number of unbranched alkanes of at least 4 members (excludes halogenated alkanes) is 2. The molecule has 1 unspecified atom stereocenters. The van der Waals surface area contributed by atoms with Gasteiger partial charge in [-0.2, -0.15) is 0 Å². The molecule has 0 aliphatic heterocycles. The molecule has 0 aliphatic carbocycles. The maximum Gasteiger partial charge on any atom is 0.0494 e. The largest absolute Gasteiger partial charge is 0.381 e. The Morgan fingerprint density at radius 1 is 1.14 bits per heavy atom. The zero-order valence-corrected chi connectivity index (χ0v) is 9.93. The third-order valence-corrected chi connectivity index (χ3v) is 2.64. The first-order chi connectivity index (χ1) is 6.85. The highest BCUT2D eigenvalue weighted by molar-refractivity contribution is 4.55. The molecule has 0 rings (SSSR count). The van der Waals surface area contributed by atoms with Gasteiger partial charge in [0.1, 0.15) is 0 Å². The van der Waals surface area contributed by atoms with E-state index in [1.807, 2.05) is 0 Å². The van der Waals surface area contributed by atoms with E-state index in [0.29, 0.717) is 0 Å². The number of ether oxygens (including phenoxy) is 1. The van der Waals surface area contributed by atoms with Crippen molar-refractivity contribution in [1.29, 1.82) is 0 Å². The maximum absolute atomic E-state index is 5.63. The molecule has 2 nitrogen and oxygen atoms in total. The summed E-state index contributed by atoms with van der Waals surface area (Å²) in [5.41, 5.74) is 5.41. The van der Waals surface area contributed by atoms with E-state index in [0.717, 1.165) is 38.5 Å². The van der Waals surface area contributed by atoms with Crippen LogP contribution in [-0.4, -0.2) is 19.8 Å². The summed E-state index contributed by atoms with van der Waals surface area (Å²) in [6.45, 7) is 7.12. The van der Waals surface area contributed by atoms with Gasteiger partial charge in [-0.3, -0.25) is 0 Å². The van der Waals surface area contributed by atoms with Gasteiger partial charge < -0.3 is 10.5 Å². The minimum Gasteiger partial charge on any atom is -0.381 e. The molecule has 14 heavy (non-hydrogen) atoms. The van der Waals surface area contributed by atoms with Gasteiger partial charge in [0.15, 0.2) is 0 Å². The van der Waals surface area contributed by atoms with Crippen molar-refractivity contribution in [2.75, 3.05) is 19.8 Å². The van der Waals surface area contributed by atoms with Crippen LogP contribution in [0, 0.1) is 5.92 Å². The third kappa shape index (κ3) is 8.52. The van der Waals surface area contributed by atoms with E-state index in [1.165, 1.54) is 25.7 Å². The zero-order valence-electron chi connectivity index (χ0n) is 9.93. The van der Waals surface area contributed by atoms with E-state index in [9.17, 15) is 0 Å². The van der Waals surface area contributed by atoms with Gasteiger partial charge >= 0.3 is 0 Å². The SMILES string of the molecule is CCCCC(CC)COCCCCN. The lowest BCUT2D eigenvalue weighted by atomic mass is 10.0. The molecule has 0 aromatic heterocycles. The summed E-state index contributed by atoms with van der Waals surface area (Å²) in [5.74, 6) is 0.771. The molecular weight excluding hydrogens is 174 g/mol. The van der Waals surface area contributed by atoms with Crippen LogP contribution in [0.1, 0.15) is 52.4 Å². The Morgan fingerprint density at radius 2 is 1.93 bits per heavy atom. The molecule has 0 fully saturated rings. The van der Waals surface area contributed by atoms with E-state index in [4.69, 9.17) is 10.5 Å². The van der Waals surface area contributed by atoms with Crippen LogP contribution in [0.2, 0.25) is 0 Å². The molecule has 2 N–H and O–H groups in total. The first-order valence-corrected chi connectivity index (χ1v) is 6.12. The lowest BCUT2D eigenvalue weighted by Gasteiger charge is -2.14. The second-order valence-corrected chi connectivity index (χ2v) is 3.99. The minimum atomic E-state index is 0.771. The Labute approximate surface area is 89.2 Å². The van der Waals surface area contributed by atoms with Crippen molar-refractivity contribution < 1.29 is 4.74 Å². The van der Waals surface area contributed by atoms with Crippen LogP contribution in [0.25, 0.3) is 0 Å². The summed E-state index contributed by atoms with van der Waals surface area (Å²) >= 11 is 0. The van der Waals surface area contributed by atoms with Crippen LogP contribution < -0.4 is 5.73 Å². The molecule has 0 aromatic carbocycles. The number of nitrogens with two attached hydrogens (primary N) is 1. The van der Waals surface area contributed by atoms with Crippen LogP contribution >= 0.6 is 0 Å². The molecule has 1 atom stereocenters. The second-order valence-electron chi connectivity index (χ2n) is 3.99. The van der Waals surface area contributed by atoms with Gasteiger partial charge in [-0.1, -0.05) is 33.1 Å². The van der Waals surface area contributed by atoms with Gasteiger partial charge in [0.25, 0.3) is 0 Å². The predicted octanol–water partition coefficient (Wildman–Crippen LogP) is 2.96. The molecule has 0 heterocycles. The van der Waals surface area contributed by atoms with Gasteiger partial charge in [-0.25, -0.2) is 0 Å². The molecule has 0 saturated heterocycles. The highest BCUT2D eigenvalue weighted by atomic mass is 16.5. The van der Waals surface area contributed by atoms with E-state index in [1.54, 1.807) is 0 Å². The highest BCUT2D eigenvalue weighted by Gasteiger charge is 2.05. The van der Waals surface area contributed by atoms with Crippen molar-refractivity contribution in [3.8, 4) is 0 Å². The van der Waals surface area contributed by atoms with E-state index in [-0.39, 0.29) is 0 Å². The van der Waals surface area contributed by atoms with Gasteiger partial charge in [0, 0.05) is 13.2 Å². The van der Waals surface area contributed by atoms with Crippen LogP contribution in [0.3, 0.4) is 0 Å². The predicted molar refractivity (Wildman–Crippen MR) is 62.4 cm³/mol. The topological polar surface area (TPSA) is 35.2 Å². The van der Waals surface area contributed by atoms with E-state index >= 15 is 0 Å². The molecular formula is C12H27NO. The van der Waals surface area contributed by atoms with Gasteiger partial charge in [0.2, 0.25) is 0 Å². The molecule has 0 aliphatic rings. The standard InChI is InChI=1S/C12H27NO/c1-3-5-8-12(4-2)11-14-10-7-6-9-13/h12H,3-11,13H2,1-2H3. The van der Waals surface area contributed by atoms with Gasteiger partial charge in [0.05, 0.1) is 0 Å². The smallest absolute Gasteiger partial charge is 0.0494 e. The van der Waals surface area contributed by atoms with E-state index in [2.05, 4.69) is 13.8 Å². The zero-order chi connectivity index (χ0) is 10.6. The van der Waals surface area contributed by atoms with Crippen molar-refractivity contribution in [3.63, 3.8) is 0 Å². The Hall–Kier alpha value is -0.0800. The normalized spacial score (nSPS) is 13.1. The summed E-state index contributed by atoms with van der Waals surface area (Å²) in [7, 11) is 0. The van der Waals surface area contributed by atoms with Gasteiger partial charge in [-0.15, -0.1) is 0 Å². The van der Waals surface area contributed by atoms with Crippen molar-refractivity contribution in [2.24, 2.45) is 11.7 Å². The fraction of sp³-hybridized carbons (Fsp3) is 1.00.